The van der Waals surface area contributed by atoms with Crippen LogP contribution in [0.1, 0.15) is 39.2 Å². The average molecular weight is 284 g/mol. The molecule has 0 bridgehead atoms. The summed E-state index contributed by atoms with van der Waals surface area (Å²) in [5.74, 6) is -1.95. The number of nitrogens with zero attached hydrogens (tertiary/aromatic N) is 1. The van der Waals surface area contributed by atoms with E-state index in [-0.39, 0.29) is 12.5 Å². The summed E-state index contributed by atoms with van der Waals surface area (Å²) in [6, 6.07) is 3.66. The molecule has 0 atom stereocenters. The van der Waals surface area contributed by atoms with Crippen LogP contribution in [0.25, 0.3) is 0 Å². The Balaban J connectivity index is 2.91. The zero-order valence-corrected chi connectivity index (χ0v) is 12.2. The smallest absolute Gasteiger partial charge is 0.242 e. The van der Waals surface area contributed by atoms with E-state index < -0.39 is 17.2 Å². The van der Waals surface area contributed by atoms with Gasteiger partial charge in [0.05, 0.1) is 5.54 Å². The maximum atomic E-state index is 13.2. The van der Waals surface area contributed by atoms with Crippen molar-refractivity contribution in [2.75, 3.05) is 6.54 Å². The normalized spacial score (nSPS) is 11.5. The first kappa shape index (κ1) is 16.6. The summed E-state index contributed by atoms with van der Waals surface area (Å²) in [5, 5.41) is 0. The molecule has 0 saturated heterocycles. The minimum Gasteiger partial charge on any atom is -0.337 e. The van der Waals surface area contributed by atoms with Crippen LogP contribution in [0.4, 0.5) is 8.78 Å². The molecule has 2 N–H and O–H groups in total. The summed E-state index contributed by atoms with van der Waals surface area (Å²) in [4.78, 5) is 14.0. The summed E-state index contributed by atoms with van der Waals surface area (Å²) in [6.07, 6.45) is 1.08. The van der Waals surface area contributed by atoms with E-state index in [1.807, 2.05) is 20.8 Å². The third-order valence-electron chi connectivity index (χ3n) is 3.71. The summed E-state index contributed by atoms with van der Waals surface area (Å²) in [5.41, 5.74) is 5.75. The number of likely N-dealkylation sites (N-methyl/N-ethyl adjacent to an activating group) is 1. The lowest BCUT2D eigenvalue weighted by molar-refractivity contribution is -0.137. The van der Waals surface area contributed by atoms with Gasteiger partial charge in [-0.25, -0.2) is 8.78 Å². The fourth-order valence-corrected chi connectivity index (χ4v) is 2.05. The maximum absolute atomic E-state index is 13.2. The Labute approximate surface area is 118 Å². The van der Waals surface area contributed by atoms with E-state index in [1.165, 1.54) is 6.07 Å². The first-order valence-electron chi connectivity index (χ1n) is 6.90. The van der Waals surface area contributed by atoms with Gasteiger partial charge in [0.25, 0.3) is 0 Å². The molecule has 0 aliphatic heterocycles. The fourth-order valence-electron chi connectivity index (χ4n) is 2.05. The number of halogens is 2. The van der Waals surface area contributed by atoms with Crippen LogP contribution >= 0.6 is 0 Å². The van der Waals surface area contributed by atoms with E-state index in [0.29, 0.717) is 24.9 Å². The quantitative estimate of drug-likeness (QED) is 0.873. The molecule has 0 aromatic heterocycles. The molecule has 20 heavy (non-hydrogen) atoms. The second-order valence-electron chi connectivity index (χ2n) is 4.93. The summed E-state index contributed by atoms with van der Waals surface area (Å²) in [7, 11) is 0. The summed E-state index contributed by atoms with van der Waals surface area (Å²) >= 11 is 0. The van der Waals surface area contributed by atoms with E-state index in [2.05, 4.69) is 0 Å². The van der Waals surface area contributed by atoms with Crippen LogP contribution in [0.5, 0.6) is 0 Å². The van der Waals surface area contributed by atoms with E-state index in [4.69, 9.17) is 5.73 Å². The predicted molar refractivity (Wildman–Crippen MR) is 74.9 cm³/mol. The second kappa shape index (κ2) is 6.79. The molecular weight excluding hydrogens is 262 g/mol. The van der Waals surface area contributed by atoms with Crippen molar-refractivity contribution < 1.29 is 13.6 Å². The van der Waals surface area contributed by atoms with Crippen LogP contribution in [0.3, 0.4) is 0 Å². The van der Waals surface area contributed by atoms with Crippen molar-refractivity contribution in [1.29, 1.82) is 0 Å². The number of benzene rings is 1. The summed E-state index contributed by atoms with van der Waals surface area (Å²) < 4.78 is 26.1. The Morgan fingerprint density at radius 1 is 1.20 bits per heavy atom. The largest absolute Gasteiger partial charge is 0.337 e. The molecule has 0 fully saturated rings. The van der Waals surface area contributed by atoms with Crippen LogP contribution in [0, 0.1) is 11.6 Å². The van der Waals surface area contributed by atoms with Gasteiger partial charge in [0.15, 0.2) is 11.6 Å². The maximum Gasteiger partial charge on any atom is 0.242 e. The van der Waals surface area contributed by atoms with Crippen molar-refractivity contribution in [1.82, 2.24) is 4.90 Å². The van der Waals surface area contributed by atoms with Crippen molar-refractivity contribution in [3.05, 3.63) is 35.4 Å². The molecule has 0 spiro atoms. The molecule has 0 radical (unpaired) electrons. The van der Waals surface area contributed by atoms with E-state index >= 15 is 0 Å². The molecule has 1 aromatic carbocycles. The number of rotatable bonds is 6. The third kappa shape index (κ3) is 3.54. The first-order chi connectivity index (χ1) is 9.37. The SMILES string of the molecule is CCN(Cc1ccc(F)c(F)c1)C(=O)C(N)(CC)CC. The highest BCUT2D eigenvalue weighted by atomic mass is 19.2. The number of hydrogen-bond donors (Lipinski definition) is 1. The van der Waals surface area contributed by atoms with Crippen LogP contribution in [-0.2, 0) is 11.3 Å². The highest BCUT2D eigenvalue weighted by molar-refractivity contribution is 5.86. The minimum absolute atomic E-state index is 0.158. The van der Waals surface area contributed by atoms with Gasteiger partial charge in [0.1, 0.15) is 0 Å². The van der Waals surface area contributed by atoms with E-state index in [9.17, 15) is 13.6 Å². The van der Waals surface area contributed by atoms with Crippen molar-refractivity contribution in [3.63, 3.8) is 0 Å². The summed E-state index contributed by atoms with van der Waals surface area (Å²) in [6.45, 7) is 6.27. The molecule has 112 valence electrons. The number of carbonyl (C=O) groups excluding carboxylic acids is 1. The highest BCUT2D eigenvalue weighted by Gasteiger charge is 2.33. The molecule has 0 heterocycles. The molecule has 5 heteroatoms. The van der Waals surface area contributed by atoms with Gasteiger partial charge in [-0.3, -0.25) is 4.79 Å². The van der Waals surface area contributed by atoms with Crippen molar-refractivity contribution in [3.8, 4) is 0 Å². The lowest BCUT2D eigenvalue weighted by Crippen LogP contribution is -2.54. The monoisotopic (exact) mass is 284 g/mol. The molecule has 1 aromatic rings. The number of nitrogens with two attached hydrogens (primary N) is 1. The molecule has 3 nitrogen and oxygen atoms in total. The fraction of sp³-hybridized carbons (Fsp3) is 0.533. The van der Waals surface area contributed by atoms with Gasteiger partial charge < -0.3 is 10.6 Å². The van der Waals surface area contributed by atoms with Gasteiger partial charge in [-0.05, 0) is 37.5 Å². The third-order valence-corrected chi connectivity index (χ3v) is 3.71. The van der Waals surface area contributed by atoms with Crippen molar-refractivity contribution in [2.24, 2.45) is 5.73 Å². The van der Waals surface area contributed by atoms with Gasteiger partial charge in [0.2, 0.25) is 5.91 Å². The highest BCUT2D eigenvalue weighted by Crippen LogP contribution is 2.18. The Morgan fingerprint density at radius 2 is 1.80 bits per heavy atom. The molecular formula is C15H22F2N2O. The average Bonchev–Trinajstić information content (AvgIpc) is 2.46. The molecule has 0 saturated carbocycles. The van der Waals surface area contributed by atoms with Gasteiger partial charge in [0, 0.05) is 13.1 Å². The predicted octanol–water partition coefficient (Wildman–Crippen LogP) is 2.83. The molecule has 0 aliphatic rings. The van der Waals surface area contributed by atoms with Gasteiger partial charge in [-0.1, -0.05) is 19.9 Å². The lowest BCUT2D eigenvalue weighted by atomic mass is 9.92. The Kier molecular flexibility index (Phi) is 5.62. The molecule has 0 aliphatic carbocycles. The lowest BCUT2D eigenvalue weighted by Gasteiger charge is -2.32. The van der Waals surface area contributed by atoms with Crippen LogP contribution < -0.4 is 5.73 Å². The minimum atomic E-state index is -0.906. The van der Waals surface area contributed by atoms with Crippen LogP contribution in [0.2, 0.25) is 0 Å². The number of hydrogen-bond acceptors (Lipinski definition) is 2. The van der Waals surface area contributed by atoms with Gasteiger partial charge in [-0.2, -0.15) is 0 Å². The zero-order valence-electron chi connectivity index (χ0n) is 12.2. The van der Waals surface area contributed by atoms with Crippen molar-refractivity contribution in [2.45, 2.75) is 45.7 Å². The first-order valence-corrected chi connectivity index (χ1v) is 6.90. The topological polar surface area (TPSA) is 46.3 Å². The molecule has 0 unspecified atom stereocenters. The van der Waals surface area contributed by atoms with E-state index in [1.54, 1.807) is 4.90 Å². The zero-order chi connectivity index (χ0) is 15.3. The van der Waals surface area contributed by atoms with Crippen LogP contribution in [-0.4, -0.2) is 22.9 Å². The molecule has 1 rings (SSSR count). The van der Waals surface area contributed by atoms with E-state index in [0.717, 1.165) is 12.1 Å². The van der Waals surface area contributed by atoms with Gasteiger partial charge >= 0.3 is 0 Å². The Bertz CT molecular complexity index is 473. The number of amides is 1. The van der Waals surface area contributed by atoms with Gasteiger partial charge in [-0.15, -0.1) is 0 Å². The standard InChI is InChI=1S/C15H22F2N2O/c1-4-15(18,5-2)14(20)19(6-3)10-11-7-8-12(16)13(17)9-11/h7-9H,4-6,10,18H2,1-3H3. The van der Waals surface area contributed by atoms with Crippen molar-refractivity contribution >= 4 is 5.91 Å². The number of carbonyl (C=O) groups is 1. The Hall–Kier alpha value is -1.49. The Morgan fingerprint density at radius 3 is 2.25 bits per heavy atom. The molecule has 1 amide bonds. The van der Waals surface area contributed by atoms with Crippen LogP contribution in [0.15, 0.2) is 18.2 Å². The second-order valence-corrected chi connectivity index (χ2v) is 4.93.